The van der Waals surface area contributed by atoms with E-state index in [0.29, 0.717) is 0 Å². The number of nitrogens with one attached hydrogen (secondary N) is 1. The van der Waals surface area contributed by atoms with Crippen LogP contribution < -0.4 is 11.2 Å². The van der Waals surface area contributed by atoms with Gasteiger partial charge in [0.25, 0.3) is 11.2 Å². The summed E-state index contributed by atoms with van der Waals surface area (Å²) in [5, 5.41) is 11.3. The zero-order valence-corrected chi connectivity index (χ0v) is 22.3. The molecule has 1 saturated heterocycles. The van der Waals surface area contributed by atoms with Crippen molar-refractivity contribution in [3.8, 4) is 0 Å². The topological polar surface area (TPSA) is 276 Å². The average Bonchev–Trinajstić information content (AvgIpc) is 3.19. The van der Waals surface area contributed by atoms with E-state index in [4.69, 9.17) is 19.3 Å². The smallest absolute Gasteiger partial charge is 0.370 e. The zero-order valence-electron chi connectivity index (χ0n) is 19.7. The van der Waals surface area contributed by atoms with Crippen LogP contribution in [0.5, 0.6) is 0 Å². The number of aryl methyl sites for hydroxylation is 1. The van der Waals surface area contributed by atoms with Gasteiger partial charge in [-0.3, -0.25) is 29.0 Å². The Kier molecular flexibility index (Phi) is 9.60. The molecule has 0 aliphatic carbocycles. The second-order valence-corrected chi connectivity index (χ2v) is 12.4. The highest BCUT2D eigenvalue weighted by molar-refractivity contribution is 7.66. The molecule has 0 amide bonds. The minimum Gasteiger partial charge on any atom is -0.370 e. The van der Waals surface area contributed by atoms with Gasteiger partial charge in [-0.2, -0.15) is 8.62 Å². The molecule has 1 aliphatic heterocycles. The van der Waals surface area contributed by atoms with E-state index in [2.05, 4.69) is 18.1 Å². The quantitative estimate of drug-likeness (QED) is 0.126. The molecule has 22 heteroatoms. The molecule has 3 unspecified atom stereocenters. The molecule has 5 N–H and O–H groups in total. The van der Waals surface area contributed by atoms with Crippen LogP contribution in [0, 0.1) is 17.0 Å². The highest BCUT2D eigenvalue weighted by Crippen LogP contribution is 2.66. The summed E-state index contributed by atoms with van der Waals surface area (Å²) in [5.74, 6) is 0. The van der Waals surface area contributed by atoms with E-state index in [1.807, 2.05) is 0 Å². The number of phosphoric ester groups is 1. The number of H-pyrrole nitrogens is 1. The lowest BCUT2D eigenvalue weighted by Crippen LogP contribution is -2.33. The summed E-state index contributed by atoms with van der Waals surface area (Å²) < 4.78 is 58.9. The zero-order chi connectivity index (χ0) is 29.2. The molecule has 2 heterocycles. The van der Waals surface area contributed by atoms with Crippen LogP contribution >= 0.6 is 23.5 Å². The minimum atomic E-state index is -5.77. The molecule has 0 saturated carbocycles. The van der Waals surface area contributed by atoms with Crippen molar-refractivity contribution in [3.05, 3.63) is 72.5 Å². The van der Waals surface area contributed by atoms with E-state index in [9.17, 15) is 43.2 Å². The molecule has 1 aliphatic rings. The Morgan fingerprint density at radius 3 is 2.44 bits per heavy atom. The Bertz CT molecular complexity index is 1480. The van der Waals surface area contributed by atoms with Gasteiger partial charge in [-0.15, -0.1) is 0 Å². The molecular formula is C17H22N3O16P3. The number of phosphoric acid groups is 3. The Morgan fingerprint density at radius 2 is 1.79 bits per heavy atom. The first-order valence-corrected chi connectivity index (χ1v) is 15.1. The first-order chi connectivity index (χ1) is 18.0. The SMILES string of the molecule is Cc1cn([C@H]2C[C@@H](OCc3ccccc3[N+](=O)[O-])C(COP(=O)(O)OP(=O)(O)OP(=O)(O)O)O2)c(=O)[nH]c1=O. The summed E-state index contributed by atoms with van der Waals surface area (Å²) >= 11 is 0. The van der Waals surface area contributed by atoms with Crippen LogP contribution in [0.25, 0.3) is 0 Å². The third-order valence-electron chi connectivity index (χ3n) is 5.10. The van der Waals surface area contributed by atoms with Crippen molar-refractivity contribution in [2.24, 2.45) is 0 Å². The Morgan fingerprint density at radius 1 is 1.13 bits per heavy atom. The standard InChI is InChI=1S/C17H22N3O16P3/c1-10-7-19(17(22)18-16(10)21)15-6-13(32-8-11-4-2-3-5-12(11)20(23)24)14(34-15)9-33-38(28,29)36-39(30,31)35-37(25,26)27/h2-5,7,13-15H,6,8-9H2,1H3,(H,28,29)(H,30,31)(H,18,21,22)(H2,25,26,27)/t13-,14?,15-/m1/s1. The van der Waals surface area contributed by atoms with Crippen molar-refractivity contribution in [1.82, 2.24) is 9.55 Å². The van der Waals surface area contributed by atoms with Gasteiger partial charge in [-0.1, -0.05) is 12.1 Å². The first kappa shape index (κ1) is 31.2. The number of aromatic nitrogens is 2. The predicted octanol–water partition coefficient (Wildman–Crippen LogP) is 0.969. The third kappa shape index (κ3) is 8.81. The van der Waals surface area contributed by atoms with Gasteiger partial charge in [0.1, 0.15) is 12.3 Å². The number of nitrogens with zero attached hydrogens (tertiary/aromatic N) is 2. The maximum Gasteiger partial charge on any atom is 0.490 e. The largest absolute Gasteiger partial charge is 0.490 e. The molecule has 5 atom stereocenters. The number of ether oxygens (including phenoxy) is 2. The van der Waals surface area contributed by atoms with E-state index >= 15 is 0 Å². The monoisotopic (exact) mass is 617 g/mol. The van der Waals surface area contributed by atoms with Crippen LogP contribution in [0.1, 0.15) is 23.8 Å². The van der Waals surface area contributed by atoms with Crippen molar-refractivity contribution in [2.75, 3.05) is 6.61 Å². The van der Waals surface area contributed by atoms with E-state index < -0.39 is 64.7 Å². The summed E-state index contributed by atoms with van der Waals surface area (Å²) in [7, 11) is -16.9. The van der Waals surface area contributed by atoms with Gasteiger partial charge < -0.3 is 29.0 Å². The maximum atomic E-state index is 12.3. The molecule has 0 bridgehead atoms. The molecule has 1 aromatic heterocycles. The molecular weight excluding hydrogens is 595 g/mol. The number of para-hydroxylation sites is 1. The summed E-state index contributed by atoms with van der Waals surface area (Å²) in [5.41, 5.74) is -1.46. The number of nitro groups is 1. The van der Waals surface area contributed by atoms with Gasteiger partial charge in [0.2, 0.25) is 0 Å². The normalized spacial score (nSPS) is 22.7. The summed E-state index contributed by atoms with van der Waals surface area (Å²) in [6, 6.07) is 5.62. The molecule has 0 spiro atoms. The van der Waals surface area contributed by atoms with Crippen LogP contribution in [0.15, 0.2) is 40.1 Å². The Hall–Kier alpha value is -2.37. The van der Waals surface area contributed by atoms with Crippen LogP contribution in [-0.4, -0.2) is 52.9 Å². The van der Waals surface area contributed by atoms with Gasteiger partial charge in [0.15, 0.2) is 0 Å². The molecule has 216 valence electrons. The number of aromatic amines is 1. The maximum absolute atomic E-state index is 12.3. The van der Waals surface area contributed by atoms with E-state index in [0.717, 1.165) is 4.57 Å². The fraction of sp³-hybridized carbons (Fsp3) is 0.412. The van der Waals surface area contributed by atoms with Crippen molar-refractivity contribution in [2.45, 2.75) is 38.4 Å². The molecule has 3 rings (SSSR count). The van der Waals surface area contributed by atoms with Crippen LogP contribution in [0.2, 0.25) is 0 Å². The molecule has 2 aromatic rings. The lowest BCUT2D eigenvalue weighted by atomic mass is 10.1. The van der Waals surface area contributed by atoms with E-state index in [1.165, 1.54) is 37.4 Å². The van der Waals surface area contributed by atoms with Crippen molar-refractivity contribution in [1.29, 1.82) is 0 Å². The molecule has 1 aromatic carbocycles. The van der Waals surface area contributed by atoms with E-state index in [-0.39, 0.29) is 29.8 Å². The van der Waals surface area contributed by atoms with Crippen molar-refractivity contribution < 1.29 is 60.8 Å². The Balaban J connectivity index is 1.80. The Labute approximate surface area is 217 Å². The third-order valence-corrected chi connectivity index (χ3v) is 8.90. The number of rotatable bonds is 12. The van der Waals surface area contributed by atoms with E-state index in [1.54, 1.807) is 0 Å². The predicted molar refractivity (Wildman–Crippen MR) is 126 cm³/mol. The molecule has 0 radical (unpaired) electrons. The van der Waals surface area contributed by atoms with Crippen LogP contribution in [-0.2, 0) is 42.9 Å². The second kappa shape index (κ2) is 12.0. The number of benzene rings is 1. The fourth-order valence-corrected chi connectivity index (χ4v) is 6.51. The average molecular weight is 617 g/mol. The lowest BCUT2D eigenvalue weighted by molar-refractivity contribution is -0.386. The van der Waals surface area contributed by atoms with Crippen molar-refractivity contribution >= 4 is 29.2 Å². The fourth-order valence-electron chi connectivity index (χ4n) is 3.48. The number of nitro benzene ring substituents is 1. The molecule has 39 heavy (non-hydrogen) atoms. The first-order valence-electron chi connectivity index (χ1n) is 10.6. The second-order valence-electron chi connectivity index (χ2n) is 7.97. The lowest BCUT2D eigenvalue weighted by Gasteiger charge is -2.21. The number of hydrogen-bond acceptors (Lipinski definition) is 12. The van der Waals surface area contributed by atoms with Gasteiger partial charge in [-0.25, -0.2) is 18.5 Å². The van der Waals surface area contributed by atoms with Gasteiger partial charge in [-0.05, 0) is 13.0 Å². The van der Waals surface area contributed by atoms with Crippen molar-refractivity contribution in [3.63, 3.8) is 0 Å². The van der Waals surface area contributed by atoms with Crippen LogP contribution in [0.4, 0.5) is 5.69 Å². The van der Waals surface area contributed by atoms with Crippen LogP contribution in [0.3, 0.4) is 0 Å². The number of hydrogen-bond donors (Lipinski definition) is 5. The summed E-state index contributed by atoms with van der Waals surface area (Å²) in [6.07, 6.45) is -2.44. The molecule has 19 nitrogen and oxygen atoms in total. The molecule has 1 fully saturated rings. The van der Waals surface area contributed by atoms with Gasteiger partial charge in [0, 0.05) is 24.2 Å². The summed E-state index contributed by atoms with van der Waals surface area (Å²) in [6.45, 7) is 0.168. The van der Waals surface area contributed by atoms with Gasteiger partial charge in [0.05, 0.1) is 29.8 Å². The highest BCUT2D eigenvalue weighted by Gasteiger charge is 2.43. The minimum absolute atomic E-state index is 0.129. The van der Waals surface area contributed by atoms with Gasteiger partial charge >= 0.3 is 29.2 Å². The summed E-state index contributed by atoms with van der Waals surface area (Å²) in [4.78, 5) is 73.1. The highest BCUT2D eigenvalue weighted by atomic mass is 31.3.